The van der Waals surface area contributed by atoms with Crippen LogP contribution in [-0.2, 0) is 24.4 Å². The highest BCUT2D eigenvalue weighted by molar-refractivity contribution is 7.09. The molecule has 1 N–H and O–H groups in total. The van der Waals surface area contributed by atoms with Crippen LogP contribution < -0.4 is 5.32 Å². The normalized spacial score (nSPS) is 13.1. The van der Waals surface area contributed by atoms with Crippen molar-refractivity contribution in [2.45, 2.75) is 32.0 Å². The lowest BCUT2D eigenvalue weighted by Crippen LogP contribution is -2.29. The summed E-state index contributed by atoms with van der Waals surface area (Å²) in [6.45, 7) is 1.78. The van der Waals surface area contributed by atoms with Crippen LogP contribution >= 0.6 is 11.3 Å². The number of carbonyl (C=O) groups is 1. The highest BCUT2D eigenvalue weighted by Crippen LogP contribution is 2.32. The monoisotopic (exact) mass is 332 g/mol. The Morgan fingerprint density at radius 3 is 2.73 bits per heavy atom. The van der Waals surface area contributed by atoms with Gasteiger partial charge >= 0.3 is 6.18 Å². The Morgan fingerprint density at radius 2 is 2.23 bits per heavy atom. The van der Waals surface area contributed by atoms with Crippen LogP contribution in [0.5, 0.6) is 0 Å². The molecule has 5 nitrogen and oxygen atoms in total. The highest BCUT2D eigenvalue weighted by Gasteiger charge is 2.34. The van der Waals surface area contributed by atoms with Gasteiger partial charge in [-0.2, -0.15) is 18.3 Å². The number of nitrogens with one attached hydrogen (secondary N) is 1. The summed E-state index contributed by atoms with van der Waals surface area (Å²) in [4.78, 5) is 15.6. The summed E-state index contributed by atoms with van der Waals surface area (Å²) in [7, 11) is 1.74. The lowest BCUT2D eigenvalue weighted by Gasteiger charge is -2.14. The predicted molar refractivity (Wildman–Crippen MR) is 75.2 cm³/mol. The maximum absolute atomic E-state index is 12.6. The van der Waals surface area contributed by atoms with E-state index in [1.54, 1.807) is 31.0 Å². The molecule has 9 heteroatoms. The van der Waals surface area contributed by atoms with Gasteiger partial charge in [-0.25, -0.2) is 4.98 Å². The van der Waals surface area contributed by atoms with Crippen LogP contribution in [0.2, 0.25) is 0 Å². The van der Waals surface area contributed by atoms with E-state index in [0.717, 1.165) is 22.3 Å². The van der Waals surface area contributed by atoms with Crippen molar-refractivity contribution >= 4 is 17.2 Å². The van der Waals surface area contributed by atoms with Crippen molar-refractivity contribution in [2.24, 2.45) is 7.05 Å². The Kier molecular flexibility index (Phi) is 4.84. The molecule has 0 radical (unpaired) electrons. The van der Waals surface area contributed by atoms with Crippen LogP contribution in [0.4, 0.5) is 13.2 Å². The highest BCUT2D eigenvalue weighted by atomic mass is 32.1. The lowest BCUT2D eigenvalue weighted by molar-refractivity contribution is -0.140. The lowest BCUT2D eigenvalue weighted by atomic mass is 10.2. The summed E-state index contributed by atoms with van der Waals surface area (Å²) >= 11 is 0.899. The number of aromatic nitrogens is 3. The summed E-state index contributed by atoms with van der Waals surface area (Å²) in [6.07, 6.45) is -0.588. The Morgan fingerprint density at radius 1 is 1.50 bits per heavy atom. The number of alkyl halides is 3. The third kappa shape index (κ3) is 4.06. The SMILES string of the molecule is CCC(NC(=O)Cc1cnn(C)c1)c1nc(C(F)(F)F)cs1. The minimum atomic E-state index is -4.47. The first kappa shape index (κ1) is 16.5. The van der Waals surface area contributed by atoms with Crippen molar-refractivity contribution in [3.8, 4) is 0 Å². The third-order valence-corrected chi connectivity index (χ3v) is 3.94. The van der Waals surface area contributed by atoms with Crippen LogP contribution in [0.1, 0.15) is 35.7 Å². The molecule has 0 bridgehead atoms. The van der Waals surface area contributed by atoms with Crippen LogP contribution in [0.3, 0.4) is 0 Å². The number of aryl methyl sites for hydroxylation is 1. The van der Waals surface area contributed by atoms with Gasteiger partial charge in [0.1, 0.15) is 5.01 Å². The molecule has 2 aromatic heterocycles. The molecule has 0 aliphatic rings. The molecule has 0 fully saturated rings. The van der Waals surface area contributed by atoms with Gasteiger partial charge in [-0.3, -0.25) is 9.48 Å². The van der Waals surface area contributed by atoms with Gasteiger partial charge in [-0.05, 0) is 12.0 Å². The molecule has 0 saturated carbocycles. The molecule has 1 unspecified atom stereocenters. The molecule has 2 rings (SSSR count). The molecule has 0 aliphatic carbocycles. The Balaban J connectivity index is 2.02. The van der Waals surface area contributed by atoms with E-state index in [4.69, 9.17) is 0 Å². The number of amides is 1. The van der Waals surface area contributed by atoms with E-state index in [-0.39, 0.29) is 17.3 Å². The smallest absolute Gasteiger partial charge is 0.347 e. The molecule has 22 heavy (non-hydrogen) atoms. The molecular weight excluding hydrogens is 317 g/mol. The van der Waals surface area contributed by atoms with Crippen molar-refractivity contribution < 1.29 is 18.0 Å². The van der Waals surface area contributed by atoms with E-state index >= 15 is 0 Å². The summed E-state index contributed by atoms with van der Waals surface area (Å²) in [5.74, 6) is -0.274. The zero-order chi connectivity index (χ0) is 16.3. The van der Waals surface area contributed by atoms with Gasteiger partial charge in [0.05, 0.1) is 18.7 Å². The Hall–Kier alpha value is -1.90. The van der Waals surface area contributed by atoms with Crippen molar-refractivity contribution in [3.05, 3.63) is 34.0 Å². The summed E-state index contributed by atoms with van der Waals surface area (Å²) < 4.78 is 39.3. The van der Waals surface area contributed by atoms with Gasteiger partial charge in [-0.1, -0.05) is 6.92 Å². The van der Waals surface area contributed by atoms with E-state index in [0.29, 0.717) is 6.42 Å². The quantitative estimate of drug-likeness (QED) is 0.916. The number of rotatable bonds is 5. The molecule has 0 aromatic carbocycles. The van der Waals surface area contributed by atoms with E-state index in [1.165, 1.54) is 0 Å². The topological polar surface area (TPSA) is 59.8 Å². The number of hydrogen-bond donors (Lipinski definition) is 1. The Bertz CT molecular complexity index is 650. The minimum Gasteiger partial charge on any atom is -0.347 e. The van der Waals surface area contributed by atoms with Gasteiger partial charge in [0.2, 0.25) is 5.91 Å². The second kappa shape index (κ2) is 6.47. The van der Waals surface area contributed by atoms with Crippen molar-refractivity contribution in [1.82, 2.24) is 20.1 Å². The maximum Gasteiger partial charge on any atom is 0.434 e. The zero-order valence-corrected chi connectivity index (χ0v) is 12.8. The van der Waals surface area contributed by atoms with E-state index in [2.05, 4.69) is 15.4 Å². The number of hydrogen-bond acceptors (Lipinski definition) is 4. The number of thiazole rings is 1. The fourth-order valence-corrected chi connectivity index (χ4v) is 2.87. The molecule has 2 aromatic rings. The summed E-state index contributed by atoms with van der Waals surface area (Å²) in [5.41, 5.74) is -0.183. The Labute approximate surface area is 129 Å². The van der Waals surface area contributed by atoms with Crippen molar-refractivity contribution in [1.29, 1.82) is 0 Å². The standard InChI is InChI=1S/C13H15F3N4OS/c1-3-9(12-19-10(7-22-12)13(14,15)16)18-11(21)4-8-5-17-20(2)6-8/h5-7,9H,3-4H2,1-2H3,(H,18,21). The van der Waals surface area contributed by atoms with E-state index in [9.17, 15) is 18.0 Å². The fraction of sp³-hybridized carbons (Fsp3) is 0.462. The minimum absolute atomic E-state index is 0.127. The summed E-state index contributed by atoms with van der Waals surface area (Å²) in [6, 6.07) is -0.523. The van der Waals surface area contributed by atoms with Gasteiger partial charge in [0, 0.05) is 18.6 Å². The average Bonchev–Trinajstić information content (AvgIpc) is 3.04. The molecule has 1 atom stereocenters. The van der Waals surface area contributed by atoms with Gasteiger partial charge < -0.3 is 5.32 Å². The fourth-order valence-electron chi connectivity index (χ4n) is 1.91. The molecule has 0 spiro atoms. The molecule has 1 amide bonds. The number of carbonyl (C=O) groups excluding carboxylic acids is 1. The molecule has 120 valence electrons. The van der Waals surface area contributed by atoms with Gasteiger partial charge in [0.25, 0.3) is 0 Å². The third-order valence-electron chi connectivity index (χ3n) is 2.98. The van der Waals surface area contributed by atoms with Gasteiger partial charge in [-0.15, -0.1) is 11.3 Å². The number of nitrogens with zero attached hydrogens (tertiary/aromatic N) is 3. The largest absolute Gasteiger partial charge is 0.434 e. The predicted octanol–water partition coefficient (Wildman–Crippen LogP) is 2.71. The van der Waals surface area contributed by atoms with Crippen molar-refractivity contribution in [2.75, 3.05) is 0 Å². The van der Waals surface area contributed by atoms with E-state index < -0.39 is 17.9 Å². The molecule has 0 aliphatic heterocycles. The maximum atomic E-state index is 12.6. The van der Waals surface area contributed by atoms with Crippen LogP contribution in [-0.4, -0.2) is 20.7 Å². The average molecular weight is 332 g/mol. The molecular formula is C13H15F3N4OS. The first-order valence-corrected chi connectivity index (χ1v) is 7.47. The molecule has 2 heterocycles. The second-order valence-electron chi connectivity index (χ2n) is 4.80. The van der Waals surface area contributed by atoms with E-state index in [1.807, 2.05) is 0 Å². The zero-order valence-electron chi connectivity index (χ0n) is 12.0. The van der Waals surface area contributed by atoms with Crippen LogP contribution in [0.15, 0.2) is 17.8 Å². The summed E-state index contributed by atoms with van der Waals surface area (Å²) in [5, 5.41) is 7.89. The first-order chi connectivity index (χ1) is 10.3. The van der Waals surface area contributed by atoms with Gasteiger partial charge in [0.15, 0.2) is 5.69 Å². The second-order valence-corrected chi connectivity index (χ2v) is 5.69. The first-order valence-electron chi connectivity index (χ1n) is 6.59. The molecule has 0 saturated heterocycles. The van der Waals surface area contributed by atoms with Crippen molar-refractivity contribution in [3.63, 3.8) is 0 Å². The van der Waals surface area contributed by atoms with Crippen LogP contribution in [0.25, 0.3) is 0 Å². The van der Waals surface area contributed by atoms with Crippen LogP contribution in [0, 0.1) is 0 Å². The number of halogens is 3.